The number of hydrogen-bond donors (Lipinski definition) is 2. The maximum Gasteiger partial charge on any atom is 0.295 e. The number of amides is 2. The summed E-state index contributed by atoms with van der Waals surface area (Å²) < 4.78 is 3.22. The summed E-state index contributed by atoms with van der Waals surface area (Å²) >= 11 is 1.21. The van der Waals surface area contributed by atoms with Crippen LogP contribution in [0.5, 0.6) is 0 Å². The molecule has 0 saturated carbocycles. The molecule has 1 aromatic heterocycles. The molecule has 0 fully saturated rings. The van der Waals surface area contributed by atoms with Gasteiger partial charge in [-0.25, -0.2) is 4.68 Å². The molecule has 0 bridgehead atoms. The summed E-state index contributed by atoms with van der Waals surface area (Å²) in [6.07, 6.45) is 0. The minimum atomic E-state index is -0.507. The number of rotatable bonds is 7. The summed E-state index contributed by atoms with van der Waals surface area (Å²) in [4.78, 5) is 37.8. The number of hydrogen-bond acceptors (Lipinski definition) is 4. The van der Waals surface area contributed by atoms with Crippen molar-refractivity contribution in [3.8, 4) is 5.69 Å². The minimum Gasteiger partial charge on any atom is -0.325 e. The summed E-state index contributed by atoms with van der Waals surface area (Å²) in [6.45, 7) is 5.47. The molecule has 1 unspecified atom stereocenters. The Morgan fingerprint density at radius 3 is 2.29 bits per heavy atom. The van der Waals surface area contributed by atoms with Crippen LogP contribution in [0.1, 0.15) is 18.2 Å². The SMILES string of the molecule is Cc1ccc(NC(=O)CSC(C)C(=O)Nc2c(C)n(C)n(-c3ccccc3)c2=O)cc1. The summed E-state index contributed by atoms with van der Waals surface area (Å²) in [5, 5.41) is 5.05. The number of nitrogens with zero attached hydrogens (tertiary/aromatic N) is 2. The van der Waals surface area contributed by atoms with Crippen LogP contribution in [0.25, 0.3) is 5.69 Å². The number of anilines is 2. The monoisotopic (exact) mass is 438 g/mol. The predicted octanol–water partition coefficient (Wildman–Crippen LogP) is 3.49. The van der Waals surface area contributed by atoms with E-state index in [9.17, 15) is 14.4 Å². The average molecular weight is 439 g/mol. The maximum atomic E-state index is 12.9. The summed E-state index contributed by atoms with van der Waals surface area (Å²) in [7, 11) is 1.77. The molecule has 1 atom stereocenters. The topological polar surface area (TPSA) is 85.1 Å². The molecule has 0 aliphatic rings. The standard InChI is InChI=1S/C23H26N4O3S/c1-15-10-12-18(13-11-15)24-20(28)14-31-17(3)22(29)25-21-16(2)26(4)27(23(21)30)19-8-6-5-7-9-19/h5-13,17H,14H2,1-4H3,(H,24,28)(H,25,29). The van der Waals surface area contributed by atoms with E-state index in [1.54, 1.807) is 25.6 Å². The molecule has 8 heteroatoms. The normalized spacial score (nSPS) is 11.7. The Morgan fingerprint density at radius 1 is 1.00 bits per heavy atom. The van der Waals surface area contributed by atoms with E-state index in [4.69, 9.17) is 0 Å². The van der Waals surface area contributed by atoms with Gasteiger partial charge < -0.3 is 10.6 Å². The summed E-state index contributed by atoms with van der Waals surface area (Å²) in [5.74, 6) is -0.375. The molecule has 7 nitrogen and oxygen atoms in total. The first-order chi connectivity index (χ1) is 14.8. The molecule has 0 aliphatic heterocycles. The van der Waals surface area contributed by atoms with Gasteiger partial charge in [-0.05, 0) is 45.0 Å². The summed E-state index contributed by atoms with van der Waals surface area (Å²) in [6, 6.07) is 16.8. The average Bonchev–Trinajstić information content (AvgIpc) is 2.97. The lowest BCUT2D eigenvalue weighted by Gasteiger charge is -2.11. The quantitative estimate of drug-likeness (QED) is 0.591. The van der Waals surface area contributed by atoms with Crippen LogP contribution in [0.3, 0.4) is 0 Å². The molecular weight excluding hydrogens is 412 g/mol. The van der Waals surface area contributed by atoms with Gasteiger partial charge in [0, 0.05) is 12.7 Å². The second-order valence-corrected chi connectivity index (χ2v) is 8.62. The van der Waals surface area contributed by atoms with Gasteiger partial charge in [0.1, 0.15) is 5.69 Å². The smallest absolute Gasteiger partial charge is 0.295 e. The second-order valence-electron chi connectivity index (χ2n) is 7.29. The van der Waals surface area contributed by atoms with Crippen LogP contribution in [0.2, 0.25) is 0 Å². The zero-order valence-corrected chi connectivity index (χ0v) is 18.8. The third-order valence-electron chi connectivity index (χ3n) is 4.97. The van der Waals surface area contributed by atoms with Crippen molar-refractivity contribution in [2.24, 2.45) is 7.05 Å². The zero-order chi connectivity index (χ0) is 22.5. The van der Waals surface area contributed by atoms with E-state index < -0.39 is 5.25 Å². The van der Waals surface area contributed by atoms with E-state index in [0.29, 0.717) is 11.4 Å². The van der Waals surface area contributed by atoms with Crippen molar-refractivity contribution in [1.82, 2.24) is 9.36 Å². The molecule has 3 aromatic rings. The predicted molar refractivity (Wildman–Crippen MR) is 126 cm³/mol. The van der Waals surface area contributed by atoms with E-state index in [-0.39, 0.29) is 28.8 Å². The molecule has 0 saturated heterocycles. The Morgan fingerprint density at radius 2 is 1.65 bits per heavy atom. The highest BCUT2D eigenvalue weighted by Crippen LogP contribution is 2.18. The van der Waals surface area contributed by atoms with E-state index >= 15 is 0 Å². The maximum absolute atomic E-state index is 12.9. The lowest BCUT2D eigenvalue weighted by Crippen LogP contribution is -2.28. The molecule has 0 radical (unpaired) electrons. The molecule has 0 spiro atoms. The Balaban J connectivity index is 1.63. The lowest BCUT2D eigenvalue weighted by molar-refractivity contribution is -0.115. The number of aromatic nitrogens is 2. The number of nitrogens with one attached hydrogen (secondary N) is 2. The number of aryl methyl sites for hydroxylation is 1. The van der Waals surface area contributed by atoms with Gasteiger partial charge in [-0.1, -0.05) is 35.9 Å². The molecule has 2 aromatic carbocycles. The number of para-hydroxylation sites is 1. The van der Waals surface area contributed by atoms with Crippen molar-refractivity contribution in [3.63, 3.8) is 0 Å². The minimum absolute atomic E-state index is 0.129. The first-order valence-electron chi connectivity index (χ1n) is 9.91. The lowest BCUT2D eigenvalue weighted by atomic mass is 10.2. The van der Waals surface area contributed by atoms with Crippen LogP contribution in [0.15, 0.2) is 59.4 Å². The van der Waals surface area contributed by atoms with Crippen molar-refractivity contribution in [2.45, 2.75) is 26.0 Å². The highest BCUT2D eigenvalue weighted by molar-refractivity contribution is 8.01. The second kappa shape index (κ2) is 9.70. The molecular formula is C23H26N4O3S. The number of carbonyl (C=O) groups excluding carboxylic acids is 2. The molecule has 31 heavy (non-hydrogen) atoms. The Hall–Kier alpha value is -3.26. The van der Waals surface area contributed by atoms with Gasteiger partial charge in [0.15, 0.2) is 0 Å². The number of carbonyl (C=O) groups is 2. The van der Waals surface area contributed by atoms with Gasteiger partial charge in [-0.15, -0.1) is 11.8 Å². The molecule has 0 aliphatic carbocycles. The largest absolute Gasteiger partial charge is 0.325 e. The molecule has 1 heterocycles. The van der Waals surface area contributed by atoms with Crippen molar-refractivity contribution in [3.05, 3.63) is 76.2 Å². The Bertz CT molecular complexity index is 1130. The Labute approximate surface area is 185 Å². The van der Waals surface area contributed by atoms with E-state index in [2.05, 4.69) is 10.6 Å². The molecule has 2 N–H and O–H groups in total. The van der Waals surface area contributed by atoms with Gasteiger partial charge in [-0.3, -0.25) is 19.1 Å². The van der Waals surface area contributed by atoms with Crippen molar-refractivity contribution in [1.29, 1.82) is 0 Å². The third-order valence-corrected chi connectivity index (χ3v) is 6.11. The first-order valence-corrected chi connectivity index (χ1v) is 11.0. The van der Waals surface area contributed by atoms with Gasteiger partial charge in [0.2, 0.25) is 11.8 Å². The highest BCUT2D eigenvalue weighted by atomic mass is 32.2. The fourth-order valence-electron chi connectivity index (χ4n) is 3.05. The van der Waals surface area contributed by atoms with Gasteiger partial charge >= 0.3 is 0 Å². The van der Waals surface area contributed by atoms with Crippen LogP contribution >= 0.6 is 11.8 Å². The van der Waals surface area contributed by atoms with Gasteiger partial charge in [0.05, 0.1) is 22.4 Å². The third kappa shape index (κ3) is 5.27. The zero-order valence-electron chi connectivity index (χ0n) is 18.0. The molecule has 3 rings (SSSR count). The molecule has 2 amide bonds. The fourth-order valence-corrected chi connectivity index (χ4v) is 3.73. The Kier molecular flexibility index (Phi) is 7.02. The van der Waals surface area contributed by atoms with Crippen molar-refractivity contribution < 1.29 is 9.59 Å². The van der Waals surface area contributed by atoms with Crippen LogP contribution in [0.4, 0.5) is 11.4 Å². The van der Waals surface area contributed by atoms with Crippen molar-refractivity contribution >= 4 is 35.0 Å². The van der Waals surface area contributed by atoms with Gasteiger partial charge in [0.25, 0.3) is 5.56 Å². The van der Waals surface area contributed by atoms with Crippen LogP contribution in [-0.2, 0) is 16.6 Å². The summed E-state index contributed by atoms with van der Waals surface area (Å²) in [5.41, 5.74) is 3.14. The number of thioether (sulfide) groups is 1. The first kappa shape index (κ1) is 22.4. The van der Waals surface area contributed by atoms with Crippen LogP contribution in [0, 0.1) is 13.8 Å². The van der Waals surface area contributed by atoms with Crippen LogP contribution < -0.4 is 16.2 Å². The van der Waals surface area contributed by atoms with E-state index in [1.165, 1.54) is 16.4 Å². The highest BCUT2D eigenvalue weighted by Gasteiger charge is 2.21. The van der Waals surface area contributed by atoms with Crippen LogP contribution in [-0.4, -0.2) is 32.2 Å². The van der Waals surface area contributed by atoms with Gasteiger partial charge in [-0.2, -0.15) is 0 Å². The fraction of sp³-hybridized carbons (Fsp3) is 0.261. The van der Waals surface area contributed by atoms with E-state index in [0.717, 1.165) is 11.3 Å². The molecule has 162 valence electrons. The van der Waals surface area contributed by atoms with Crippen molar-refractivity contribution in [2.75, 3.05) is 16.4 Å². The number of benzene rings is 2. The van der Waals surface area contributed by atoms with E-state index in [1.807, 2.05) is 61.5 Å².